The predicted octanol–water partition coefficient (Wildman–Crippen LogP) is 1.74. The molecule has 0 aromatic rings. The molecule has 1 amide bonds. The Bertz CT molecular complexity index is 275. The summed E-state index contributed by atoms with van der Waals surface area (Å²) in [6.45, 7) is 6.63. The Labute approximate surface area is 96.6 Å². The summed E-state index contributed by atoms with van der Waals surface area (Å²) in [5, 5.41) is 9.00. The van der Waals surface area contributed by atoms with Crippen molar-refractivity contribution in [3.8, 4) is 0 Å². The second-order valence-corrected chi connectivity index (χ2v) is 5.06. The lowest BCUT2D eigenvalue weighted by Gasteiger charge is -2.25. The van der Waals surface area contributed by atoms with Crippen molar-refractivity contribution in [3.63, 3.8) is 0 Å². The maximum absolute atomic E-state index is 12.1. The maximum Gasteiger partial charge on any atom is 0.326 e. The fraction of sp³-hybridized carbons (Fsp3) is 0.833. The van der Waals surface area contributed by atoms with Crippen LogP contribution in [0.5, 0.6) is 0 Å². The molecule has 0 saturated carbocycles. The van der Waals surface area contributed by atoms with Gasteiger partial charge in [-0.25, -0.2) is 4.79 Å². The Morgan fingerprint density at radius 2 is 2.00 bits per heavy atom. The fourth-order valence-electron chi connectivity index (χ4n) is 2.38. The molecule has 16 heavy (non-hydrogen) atoms. The van der Waals surface area contributed by atoms with Crippen LogP contribution in [0.15, 0.2) is 0 Å². The number of amides is 1. The van der Waals surface area contributed by atoms with Crippen LogP contribution in [-0.4, -0.2) is 34.5 Å². The molecule has 1 saturated heterocycles. The molecular weight excluding hydrogens is 206 g/mol. The van der Waals surface area contributed by atoms with Gasteiger partial charge in [-0.05, 0) is 25.2 Å². The first kappa shape index (κ1) is 13.0. The van der Waals surface area contributed by atoms with Crippen molar-refractivity contribution in [2.45, 2.75) is 46.1 Å². The van der Waals surface area contributed by atoms with Crippen molar-refractivity contribution in [1.29, 1.82) is 0 Å². The Hall–Kier alpha value is -1.06. The molecule has 2 atom stereocenters. The van der Waals surface area contributed by atoms with Crippen molar-refractivity contribution in [2.24, 2.45) is 11.8 Å². The molecule has 4 nitrogen and oxygen atoms in total. The molecule has 0 aromatic carbocycles. The van der Waals surface area contributed by atoms with E-state index in [9.17, 15) is 9.59 Å². The largest absolute Gasteiger partial charge is 0.480 e. The molecule has 1 unspecified atom stereocenters. The normalized spacial score (nSPS) is 22.5. The molecular formula is C12H21NO3. The molecule has 1 aliphatic rings. The van der Waals surface area contributed by atoms with Crippen molar-refractivity contribution in [3.05, 3.63) is 0 Å². The lowest BCUT2D eigenvalue weighted by Crippen LogP contribution is -2.43. The first-order valence-electron chi connectivity index (χ1n) is 5.96. The second kappa shape index (κ2) is 5.32. The van der Waals surface area contributed by atoms with Crippen LogP contribution in [0.1, 0.15) is 40.0 Å². The summed E-state index contributed by atoms with van der Waals surface area (Å²) >= 11 is 0. The number of carbonyl (C=O) groups is 2. The van der Waals surface area contributed by atoms with Gasteiger partial charge in [-0.3, -0.25) is 4.79 Å². The third-order valence-electron chi connectivity index (χ3n) is 3.07. The van der Waals surface area contributed by atoms with Gasteiger partial charge in [0.05, 0.1) is 0 Å². The molecule has 0 bridgehead atoms. The molecule has 92 valence electrons. The molecule has 1 aliphatic heterocycles. The predicted molar refractivity (Wildman–Crippen MR) is 61.0 cm³/mol. The van der Waals surface area contributed by atoms with Crippen molar-refractivity contribution in [1.82, 2.24) is 4.90 Å². The summed E-state index contributed by atoms with van der Waals surface area (Å²) in [5.41, 5.74) is 0. The van der Waals surface area contributed by atoms with Gasteiger partial charge in [0.1, 0.15) is 6.04 Å². The van der Waals surface area contributed by atoms with Gasteiger partial charge >= 0.3 is 5.97 Å². The van der Waals surface area contributed by atoms with Crippen LogP contribution in [0.2, 0.25) is 0 Å². The van der Waals surface area contributed by atoms with Crippen molar-refractivity contribution >= 4 is 11.9 Å². The number of hydrogen-bond acceptors (Lipinski definition) is 2. The van der Waals surface area contributed by atoms with Gasteiger partial charge in [-0.2, -0.15) is 0 Å². The van der Waals surface area contributed by atoms with E-state index in [1.54, 1.807) is 0 Å². The molecule has 0 aliphatic carbocycles. The summed E-state index contributed by atoms with van der Waals surface area (Å²) in [6.07, 6.45) is 2.22. The summed E-state index contributed by atoms with van der Waals surface area (Å²) in [4.78, 5) is 24.6. The van der Waals surface area contributed by atoms with E-state index in [1.807, 2.05) is 6.92 Å². The Morgan fingerprint density at radius 3 is 2.50 bits per heavy atom. The van der Waals surface area contributed by atoms with Crippen LogP contribution >= 0.6 is 0 Å². The molecule has 1 rings (SSSR count). The molecule has 1 heterocycles. The highest BCUT2D eigenvalue weighted by Gasteiger charge is 2.35. The lowest BCUT2D eigenvalue weighted by atomic mass is 9.97. The molecule has 1 N–H and O–H groups in total. The Morgan fingerprint density at radius 1 is 1.38 bits per heavy atom. The highest BCUT2D eigenvalue weighted by Crippen LogP contribution is 2.22. The van der Waals surface area contributed by atoms with E-state index in [1.165, 1.54) is 4.90 Å². The number of aliphatic carboxylic acids is 1. The number of hydrogen-bond donors (Lipinski definition) is 1. The first-order valence-corrected chi connectivity index (χ1v) is 5.96. The van der Waals surface area contributed by atoms with Crippen LogP contribution < -0.4 is 0 Å². The summed E-state index contributed by atoms with van der Waals surface area (Å²) in [7, 11) is 0. The minimum absolute atomic E-state index is 0.00130. The van der Waals surface area contributed by atoms with E-state index in [4.69, 9.17) is 5.11 Å². The summed E-state index contributed by atoms with van der Waals surface area (Å²) < 4.78 is 0. The molecule has 0 aromatic heterocycles. The van der Waals surface area contributed by atoms with Gasteiger partial charge in [-0.1, -0.05) is 20.8 Å². The van der Waals surface area contributed by atoms with Crippen LogP contribution in [0.25, 0.3) is 0 Å². The monoisotopic (exact) mass is 227 g/mol. The van der Waals surface area contributed by atoms with E-state index in [0.29, 0.717) is 18.9 Å². The Balaban J connectivity index is 2.62. The minimum atomic E-state index is -0.873. The fourth-order valence-corrected chi connectivity index (χ4v) is 2.38. The van der Waals surface area contributed by atoms with Gasteiger partial charge in [0.25, 0.3) is 0 Å². The third kappa shape index (κ3) is 2.97. The number of rotatable bonds is 4. The van der Waals surface area contributed by atoms with Gasteiger partial charge in [-0.15, -0.1) is 0 Å². The maximum atomic E-state index is 12.1. The number of carboxylic acid groups (broad SMARTS) is 1. The number of nitrogens with zero attached hydrogens (tertiary/aromatic N) is 1. The highest BCUT2D eigenvalue weighted by atomic mass is 16.4. The molecule has 0 spiro atoms. The molecule has 0 radical (unpaired) electrons. The summed E-state index contributed by atoms with van der Waals surface area (Å²) in [6, 6.07) is -0.595. The van der Waals surface area contributed by atoms with E-state index >= 15 is 0 Å². The average Bonchev–Trinajstić information content (AvgIpc) is 2.63. The van der Waals surface area contributed by atoms with Gasteiger partial charge in [0.15, 0.2) is 0 Å². The number of likely N-dealkylation sites (tertiary alicyclic amines) is 1. The SMILES string of the molecule is CC(C)CC(C)C(=O)N1CCC[C@H]1C(=O)O. The van der Waals surface area contributed by atoms with Crippen molar-refractivity contribution in [2.75, 3.05) is 6.54 Å². The zero-order valence-corrected chi connectivity index (χ0v) is 10.3. The Kier molecular flexibility index (Phi) is 4.33. The van der Waals surface area contributed by atoms with Gasteiger partial charge in [0.2, 0.25) is 5.91 Å². The lowest BCUT2D eigenvalue weighted by molar-refractivity contribution is -0.149. The van der Waals surface area contributed by atoms with Gasteiger partial charge < -0.3 is 10.0 Å². The standard InChI is InChI=1S/C12H21NO3/c1-8(2)7-9(3)11(14)13-6-4-5-10(13)12(15)16/h8-10H,4-7H2,1-3H3,(H,15,16)/t9?,10-/m0/s1. The average molecular weight is 227 g/mol. The van der Waals surface area contributed by atoms with E-state index < -0.39 is 12.0 Å². The molecule has 1 fully saturated rings. The third-order valence-corrected chi connectivity index (χ3v) is 3.07. The van der Waals surface area contributed by atoms with E-state index in [0.717, 1.165) is 12.8 Å². The minimum Gasteiger partial charge on any atom is -0.480 e. The topological polar surface area (TPSA) is 57.6 Å². The highest BCUT2D eigenvalue weighted by molar-refractivity contribution is 5.85. The van der Waals surface area contributed by atoms with Crippen LogP contribution in [0.3, 0.4) is 0 Å². The van der Waals surface area contributed by atoms with Crippen LogP contribution in [0.4, 0.5) is 0 Å². The van der Waals surface area contributed by atoms with E-state index in [-0.39, 0.29) is 11.8 Å². The van der Waals surface area contributed by atoms with Crippen LogP contribution in [0, 0.1) is 11.8 Å². The quantitative estimate of drug-likeness (QED) is 0.796. The first-order chi connectivity index (χ1) is 7.43. The molecule has 4 heteroatoms. The second-order valence-electron chi connectivity index (χ2n) is 5.06. The zero-order chi connectivity index (χ0) is 12.3. The zero-order valence-electron chi connectivity index (χ0n) is 10.3. The number of carboxylic acids is 1. The van der Waals surface area contributed by atoms with Crippen molar-refractivity contribution < 1.29 is 14.7 Å². The summed E-state index contributed by atoms with van der Waals surface area (Å²) in [5.74, 6) is -0.481. The van der Waals surface area contributed by atoms with Gasteiger partial charge in [0, 0.05) is 12.5 Å². The van der Waals surface area contributed by atoms with E-state index in [2.05, 4.69) is 13.8 Å². The number of carbonyl (C=O) groups excluding carboxylic acids is 1. The smallest absolute Gasteiger partial charge is 0.326 e. The van der Waals surface area contributed by atoms with Crippen LogP contribution in [-0.2, 0) is 9.59 Å².